The summed E-state index contributed by atoms with van der Waals surface area (Å²) in [5.41, 5.74) is 1.42. The van der Waals surface area contributed by atoms with Crippen LogP contribution < -0.4 is 0 Å². The number of carbonyl (C=O) groups is 2. The van der Waals surface area contributed by atoms with Crippen LogP contribution in [-0.4, -0.2) is 29.1 Å². The molecule has 5 aliphatic rings. The molecular weight excluding hydrogens is 412 g/mol. The quantitative estimate of drug-likeness (QED) is 0.526. The van der Waals surface area contributed by atoms with Crippen molar-refractivity contribution < 1.29 is 19.4 Å². The molecule has 0 bridgehead atoms. The number of aliphatic hydroxyl groups excluding tert-OH is 1. The molecule has 0 spiro atoms. The first kappa shape index (κ1) is 23.6. The number of aliphatic hydroxyl groups is 1. The summed E-state index contributed by atoms with van der Waals surface area (Å²) in [5.74, 6) is 2.66. The Kier molecular flexibility index (Phi) is 6.29. The predicted octanol–water partition coefficient (Wildman–Crippen LogP) is 6.01. The lowest BCUT2D eigenvalue weighted by atomic mass is 9.45. The van der Waals surface area contributed by atoms with Crippen molar-refractivity contribution in [3.05, 3.63) is 11.6 Å². The van der Waals surface area contributed by atoms with E-state index in [0.717, 1.165) is 64.2 Å². The Morgan fingerprint density at radius 1 is 1.09 bits per heavy atom. The lowest BCUT2D eigenvalue weighted by molar-refractivity contribution is -0.154. The van der Waals surface area contributed by atoms with Crippen LogP contribution in [0, 0.1) is 40.4 Å². The van der Waals surface area contributed by atoms with Gasteiger partial charge in [-0.3, -0.25) is 9.59 Å². The Bertz CT molecular complexity index is 816. The van der Waals surface area contributed by atoms with E-state index in [0.29, 0.717) is 36.5 Å². The summed E-state index contributed by atoms with van der Waals surface area (Å²) in [4.78, 5) is 25.5. The number of rotatable bonds is 4. The van der Waals surface area contributed by atoms with E-state index in [1.807, 2.05) is 6.08 Å². The van der Waals surface area contributed by atoms with Crippen molar-refractivity contribution >= 4 is 11.8 Å². The number of carbonyl (C=O) groups excluding carboxylic acids is 2. The monoisotopic (exact) mass is 456 g/mol. The average molecular weight is 457 g/mol. The van der Waals surface area contributed by atoms with Crippen LogP contribution in [0.15, 0.2) is 11.6 Å². The second kappa shape index (κ2) is 8.81. The van der Waals surface area contributed by atoms with Crippen LogP contribution in [-0.2, 0) is 14.3 Å². The van der Waals surface area contributed by atoms with Gasteiger partial charge in [0.1, 0.15) is 6.10 Å². The first-order chi connectivity index (χ1) is 15.7. The van der Waals surface area contributed by atoms with Crippen LogP contribution in [0.1, 0.15) is 104 Å². The maximum Gasteiger partial charge on any atom is 0.306 e. The van der Waals surface area contributed by atoms with Crippen molar-refractivity contribution in [3.63, 3.8) is 0 Å². The molecular formula is C29H44O4. The number of ether oxygens (including phenoxy) is 1. The summed E-state index contributed by atoms with van der Waals surface area (Å²) >= 11 is 0. The predicted molar refractivity (Wildman–Crippen MR) is 128 cm³/mol. The fourth-order valence-electron chi connectivity index (χ4n) is 9.12. The van der Waals surface area contributed by atoms with Gasteiger partial charge in [-0.15, -0.1) is 0 Å². The summed E-state index contributed by atoms with van der Waals surface area (Å²) in [6.07, 6.45) is 14.7. The number of fused-ring (bicyclic) bond motifs is 5. The van der Waals surface area contributed by atoms with Crippen LogP contribution >= 0.6 is 0 Å². The Balaban J connectivity index is 1.32. The maximum atomic E-state index is 12.8. The number of ketones is 1. The van der Waals surface area contributed by atoms with E-state index in [-0.39, 0.29) is 40.7 Å². The van der Waals surface area contributed by atoms with E-state index < -0.39 is 0 Å². The maximum absolute atomic E-state index is 12.8. The van der Waals surface area contributed by atoms with Gasteiger partial charge in [0, 0.05) is 12.8 Å². The van der Waals surface area contributed by atoms with Crippen LogP contribution in [0.4, 0.5) is 0 Å². The van der Waals surface area contributed by atoms with Gasteiger partial charge < -0.3 is 9.84 Å². The second-order valence-electron chi connectivity index (χ2n) is 12.7. The van der Waals surface area contributed by atoms with Gasteiger partial charge in [-0.2, -0.15) is 0 Å². The van der Waals surface area contributed by atoms with Gasteiger partial charge >= 0.3 is 5.97 Å². The van der Waals surface area contributed by atoms with Crippen molar-refractivity contribution in [1.29, 1.82) is 0 Å². The zero-order valence-electron chi connectivity index (χ0n) is 21.0. The molecule has 4 nitrogen and oxygen atoms in total. The normalized spacial score (nSPS) is 47.2. The Morgan fingerprint density at radius 3 is 2.67 bits per heavy atom. The van der Waals surface area contributed by atoms with Crippen LogP contribution in [0.3, 0.4) is 0 Å². The minimum Gasteiger partial charge on any atom is -0.462 e. The summed E-state index contributed by atoms with van der Waals surface area (Å²) in [6, 6.07) is 0. The molecule has 0 aromatic heterocycles. The fourth-order valence-corrected chi connectivity index (χ4v) is 9.12. The molecule has 0 heterocycles. The molecule has 0 radical (unpaired) electrons. The summed E-state index contributed by atoms with van der Waals surface area (Å²) < 4.78 is 5.91. The first-order valence-corrected chi connectivity index (χ1v) is 13.8. The highest BCUT2D eigenvalue weighted by Crippen LogP contribution is 2.66. The molecule has 0 aromatic rings. The summed E-state index contributed by atoms with van der Waals surface area (Å²) in [7, 11) is 0. The Morgan fingerprint density at radius 2 is 1.88 bits per heavy atom. The molecule has 0 aromatic carbocycles. The molecule has 33 heavy (non-hydrogen) atoms. The lowest BCUT2D eigenvalue weighted by Crippen LogP contribution is -2.54. The van der Waals surface area contributed by atoms with Crippen LogP contribution in [0.2, 0.25) is 0 Å². The van der Waals surface area contributed by atoms with E-state index in [1.54, 1.807) is 0 Å². The van der Waals surface area contributed by atoms with E-state index in [9.17, 15) is 14.7 Å². The van der Waals surface area contributed by atoms with E-state index in [2.05, 4.69) is 20.8 Å². The van der Waals surface area contributed by atoms with Crippen molar-refractivity contribution in [2.75, 3.05) is 0 Å². The molecule has 4 fully saturated rings. The number of hydrogen-bond donors (Lipinski definition) is 1. The minimum atomic E-state index is -0.158. The van der Waals surface area contributed by atoms with Crippen molar-refractivity contribution in [2.45, 2.75) is 116 Å². The molecule has 4 heteroatoms. The smallest absolute Gasteiger partial charge is 0.306 e. The Labute approximate surface area is 199 Å². The van der Waals surface area contributed by atoms with Gasteiger partial charge in [-0.25, -0.2) is 0 Å². The van der Waals surface area contributed by atoms with Gasteiger partial charge in [0.05, 0.1) is 6.10 Å². The van der Waals surface area contributed by atoms with Gasteiger partial charge in [0.2, 0.25) is 0 Å². The molecule has 0 saturated heterocycles. The molecule has 184 valence electrons. The largest absolute Gasteiger partial charge is 0.462 e. The van der Waals surface area contributed by atoms with Crippen LogP contribution in [0.25, 0.3) is 0 Å². The topological polar surface area (TPSA) is 63.6 Å². The zero-order chi connectivity index (χ0) is 23.4. The van der Waals surface area contributed by atoms with E-state index in [4.69, 9.17) is 4.74 Å². The zero-order valence-corrected chi connectivity index (χ0v) is 21.0. The van der Waals surface area contributed by atoms with Crippen molar-refractivity contribution in [1.82, 2.24) is 0 Å². The molecule has 5 aliphatic carbocycles. The van der Waals surface area contributed by atoms with Gasteiger partial charge in [0.25, 0.3) is 0 Å². The average Bonchev–Trinajstić information content (AvgIpc) is 3.09. The van der Waals surface area contributed by atoms with E-state index in [1.165, 1.54) is 12.0 Å². The van der Waals surface area contributed by atoms with Gasteiger partial charge in [-0.05, 0) is 111 Å². The molecule has 5 rings (SSSR count). The number of hydrogen-bond acceptors (Lipinski definition) is 4. The molecule has 0 aliphatic heterocycles. The van der Waals surface area contributed by atoms with Gasteiger partial charge in [-0.1, -0.05) is 32.8 Å². The SMILES string of the molecule is CC1CCCCC1OC(=O)CCC1CC(=O)C=C2CC[C@H]3[C@@H]4CC[C@H](O)[C@@]4(C)CC[C@@H]3[C@]21C. The Hall–Kier alpha value is -1.16. The molecule has 4 saturated carbocycles. The minimum absolute atomic E-state index is 0.00408. The first-order valence-electron chi connectivity index (χ1n) is 13.8. The third kappa shape index (κ3) is 3.93. The van der Waals surface area contributed by atoms with Crippen molar-refractivity contribution in [3.8, 4) is 0 Å². The number of allylic oxidation sites excluding steroid dienone is 1. The van der Waals surface area contributed by atoms with E-state index >= 15 is 0 Å². The molecule has 3 unspecified atom stereocenters. The third-order valence-corrected chi connectivity index (χ3v) is 11.2. The highest BCUT2D eigenvalue weighted by atomic mass is 16.5. The third-order valence-electron chi connectivity index (χ3n) is 11.2. The molecule has 9 atom stereocenters. The number of esters is 1. The summed E-state index contributed by atoms with van der Waals surface area (Å²) in [6.45, 7) is 6.94. The highest BCUT2D eigenvalue weighted by molar-refractivity contribution is 5.92. The van der Waals surface area contributed by atoms with Crippen LogP contribution in [0.5, 0.6) is 0 Å². The second-order valence-corrected chi connectivity index (χ2v) is 12.7. The summed E-state index contributed by atoms with van der Waals surface area (Å²) in [5, 5.41) is 10.7. The van der Waals surface area contributed by atoms with Gasteiger partial charge in [0.15, 0.2) is 5.78 Å². The lowest BCUT2D eigenvalue weighted by Gasteiger charge is -2.60. The molecule has 1 N–H and O–H groups in total. The standard InChI is InChI=1S/C29H44O4/c1-18-6-4-5-7-25(18)33-27(32)13-9-20-17-21(30)16-19-8-10-22-23-11-12-26(31)28(23,2)15-14-24(22)29(19,20)3/h16,18,20,22-26,31H,4-15,17H2,1-3H3/t18?,20?,22-,23-,24-,25?,26-,28-,29+/m0/s1. The van der Waals surface area contributed by atoms with Crippen molar-refractivity contribution in [2.24, 2.45) is 40.4 Å². The highest BCUT2D eigenvalue weighted by Gasteiger charge is 2.60. The fraction of sp³-hybridized carbons (Fsp3) is 0.862. The molecule has 0 amide bonds.